The molecule has 0 aromatic heterocycles. The van der Waals surface area contributed by atoms with E-state index in [0.29, 0.717) is 19.3 Å². The second kappa shape index (κ2) is 7.05. The van der Waals surface area contributed by atoms with Crippen molar-refractivity contribution in [1.29, 1.82) is 0 Å². The van der Waals surface area contributed by atoms with Crippen molar-refractivity contribution in [3.8, 4) is 0 Å². The summed E-state index contributed by atoms with van der Waals surface area (Å²) < 4.78 is 10.9. The van der Waals surface area contributed by atoms with Crippen LogP contribution in [0.2, 0.25) is 0 Å². The molecular formula is C15H27N3O3. The number of nitrogens with one attached hydrogen (secondary N) is 1. The van der Waals surface area contributed by atoms with Crippen LogP contribution >= 0.6 is 0 Å². The lowest BCUT2D eigenvalue weighted by atomic mass is 10.0. The third-order valence-corrected chi connectivity index (χ3v) is 4.90. The van der Waals surface area contributed by atoms with Crippen LogP contribution in [0.1, 0.15) is 13.3 Å². The van der Waals surface area contributed by atoms with E-state index in [4.69, 9.17) is 9.47 Å². The molecule has 0 radical (unpaired) electrons. The predicted octanol–water partition coefficient (Wildman–Crippen LogP) is -0.456. The lowest BCUT2D eigenvalue weighted by Crippen LogP contribution is -2.48. The van der Waals surface area contributed by atoms with Gasteiger partial charge in [-0.25, -0.2) is 0 Å². The van der Waals surface area contributed by atoms with Crippen LogP contribution in [0.4, 0.5) is 0 Å². The quantitative estimate of drug-likeness (QED) is 0.761. The fourth-order valence-corrected chi connectivity index (χ4v) is 3.68. The summed E-state index contributed by atoms with van der Waals surface area (Å²) in [6.45, 7) is 9.58. The molecule has 3 aliphatic rings. The largest absolute Gasteiger partial charge is 0.379 e. The average Bonchev–Trinajstić information content (AvgIpc) is 3.17. The number of nitrogens with zero attached hydrogens (tertiary/aromatic N) is 2. The number of ether oxygens (including phenoxy) is 2. The Morgan fingerprint density at radius 1 is 1.19 bits per heavy atom. The second-order valence-corrected chi connectivity index (χ2v) is 6.18. The number of morpholine rings is 1. The van der Waals surface area contributed by atoms with Gasteiger partial charge in [0.2, 0.25) is 5.91 Å². The fraction of sp³-hybridized carbons (Fsp3) is 0.933. The van der Waals surface area contributed by atoms with E-state index >= 15 is 0 Å². The Bertz CT molecular complexity index is 360. The van der Waals surface area contributed by atoms with Crippen molar-refractivity contribution in [1.82, 2.24) is 15.1 Å². The van der Waals surface area contributed by atoms with Gasteiger partial charge in [0.15, 0.2) is 0 Å². The fourth-order valence-electron chi connectivity index (χ4n) is 3.68. The van der Waals surface area contributed by atoms with E-state index in [0.717, 1.165) is 52.4 Å². The van der Waals surface area contributed by atoms with Crippen LogP contribution in [-0.4, -0.2) is 86.9 Å². The first kappa shape index (κ1) is 15.2. The van der Waals surface area contributed by atoms with Crippen molar-refractivity contribution in [3.63, 3.8) is 0 Å². The van der Waals surface area contributed by atoms with E-state index in [9.17, 15) is 4.79 Å². The molecule has 21 heavy (non-hydrogen) atoms. The lowest BCUT2D eigenvalue weighted by Gasteiger charge is -2.32. The number of hydrogen-bond donors (Lipinski definition) is 1. The average molecular weight is 297 g/mol. The Balaban J connectivity index is 1.54. The Morgan fingerprint density at radius 2 is 2.00 bits per heavy atom. The molecule has 1 amide bonds. The molecule has 0 spiro atoms. The number of hydrogen-bond acceptors (Lipinski definition) is 5. The SMILES string of the molecule is CCNC1COCC1C(=O)N1CCC(N2CCOCC2)C1. The summed E-state index contributed by atoms with van der Waals surface area (Å²) in [6, 6.07) is 0.697. The van der Waals surface area contributed by atoms with Crippen LogP contribution in [0.5, 0.6) is 0 Å². The molecule has 3 rings (SSSR count). The molecule has 6 nitrogen and oxygen atoms in total. The minimum absolute atomic E-state index is 0.00612. The highest BCUT2D eigenvalue weighted by atomic mass is 16.5. The molecule has 3 heterocycles. The van der Waals surface area contributed by atoms with E-state index in [1.807, 2.05) is 4.90 Å². The number of rotatable bonds is 4. The van der Waals surface area contributed by atoms with Gasteiger partial charge in [-0.05, 0) is 13.0 Å². The van der Waals surface area contributed by atoms with Crippen molar-refractivity contribution in [2.75, 3.05) is 59.2 Å². The van der Waals surface area contributed by atoms with Crippen LogP contribution in [0.25, 0.3) is 0 Å². The molecule has 3 saturated heterocycles. The Labute approximate surface area is 126 Å². The Morgan fingerprint density at radius 3 is 2.76 bits per heavy atom. The van der Waals surface area contributed by atoms with Gasteiger partial charge < -0.3 is 19.7 Å². The first-order chi connectivity index (χ1) is 10.3. The molecule has 0 saturated carbocycles. The first-order valence-electron chi connectivity index (χ1n) is 8.21. The normalized spacial score (nSPS) is 34.5. The summed E-state index contributed by atoms with van der Waals surface area (Å²) in [5.41, 5.74) is 0. The van der Waals surface area contributed by atoms with E-state index in [1.165, 1.54) is 0 Å². The van der Waals surface area contributed by atoms with Crippen molar-refractivity contribution in [2.24, 2.45) is 5.92 Å². The minimum atomic E-state index is -0.00612. The maximum absolute atomic E-state index is 12.7. The molecule has 1 N–H and O–H groups in total. The monoisotopic (exact) mass is 297 g/mol. The minimum Gasteiger partial charge on any atom is -0.379 e. The summed E-state index contributed by atoms with van der Waals surface area (Å²) in [4.78, 5) is 17.2. The highest BCUT2D eigenvalue weighted by Gasteiger charge is 2.39. The van der Waals surface area contributed by atoms with Gasteiger partial charge in [0.25, 0.3) is 0 Å². The Kier molecular flexibility index (Phi) is 5.11. The van der Waals surface area contributed by atoms with E-state index < -0.39 is 0 Å². The molecule has 0 aromatic carbocycles. The summed E-state index contributed by atoms with van der Waals surface area (Å²) in [5, 5.41) is 3.37. The molecule has 0 aliphatic carbocycles. The van der Waals surface area contributed by atoms with Gasteiger partial charge in [-0.15, -0.1) is 0 Å². The van der Waals surface area contributed by atoms with Crippen LogP contribution in [-0.2, 0) is 14.3 Å². The van der Waals surface area contributed by atoms with Gasteiger partial charge in [-0.3, -0.25) is 9.69 Å². The van der Waals surface area contributed by atoms with Gasteiger partial charge in [0.1, 0.15) is 0 Å². The van der Waals surface area contributed by atoms with Gasteiger partial charge in [0, 0.05) is 38.3 Å². The molecule has 3 fully saturated rings. The highest BCUT2D eigenvalue weighted by molar-refractivity contribution is 5.80. The number of likely N-dealkylation sites (tertiary alicyclic amines) is 1. The molecule has 3 unspecified atom stereocenters. The van der Waals surface area contributed by atoms with Gasteiger partial charge in [-0.2, -0.15) is 0 Å². The lowest BCUT2D eigenvalue weighted by molar-refractivity contribution is -0.135. The topological polar surface area (TPSA) is 54.0 Å². The van der Waals surface area contributed by atoms with E-state index in [-0.39, 0.29) is 17.9 Å². The second-order valence-electron chi connectivity index (χ2n) is 6.18. The molecule has 3 aliphatic heterocycles. The summed E-state index contributed by atoms with van der Waals surface area (Å²) in [5.74, 6) is 0.266. The van der Waals surface area contributed by atoms with E-state index in [1.54, 1.807) is 0 Å². The summed E-state index contributed by atoms with van der Waals surface area (Å²) in [7, 11) is 0. The summed E-state index contributed by atoms with van der Waals surface area (Å²) >= 11 is 0. The van der Waals surface area contributed by atoms with Crippen molar-refractivity contribution >= 4 is 5.91 Å². The molecule has 6 heteroatoms. The third kappa shape index (κ3) is 3.39. The van der Waals surface area contributed by atoms with Crippen LogP contribution in [0.15, 0.2) is 0 Å². The number of amides is 1. The molecule has 120 valence electrons. The maximum Gasteiger partial charge on any atom is 0.229 e. The molecule has 0 aromatic rings. The zero-order valence-corrected chi connectivity index (χ0v) is 12.9. The zero-order chi connectivity index (χ0) is 14.7. The van der Waals surface area contributed by atoms with Crippen molar-refractivity contribution in [2.45, 2.75) is 25.4 Å². The standard InChI is InChI=1S/C15H27N3O3/c1-2-16-14-11-21-10-13(14)15(19)18-4-3-12(9-18)17-5-7-20-8-6-17/h12-14,16H,2-11H2,1H3. The zero-order valence-electron chi connectivity index (χ0n) is 12.9. The highest BCUT2D eigenvalue weighted by Crippen LogP contribution is 2.22. The predicted molar refractivity (Wildman–Crippen MR) is 79.2 cm³/mol. The first-order valence-corrected chi connectivity index (χ1v) is 8.21. The molecule has 3 atom stereocenters. The van der Waals surface area contributed by atoms with Crippen LogP contribution in [0.3, 0.4) is 0 Å². The smallest absolute Gasteiger partial charge is 0.229 e. The number of carbonyl (C=O) groups excluding carboxylic acids is 1. The van der Waals surface area contributed by atoms with Gasteiger partial charge >= 0.3 is 0 Å². The number of likely N-dealkylation sites (N-methyl/N-ethyl adjacent to an activating group) is 1. The maximum atomic E-state index is 12.7. The number of carbonyl (C=O) groups is 1. The van der Waals surface area contributed by atoms with Gasteiger partial charge in [-0.1, -0.05) is 6.92 Å². The van der Waals surface area contributed by atoms with Gasteiger partial charge in [0.05, 0.1) is 32.3 Å². The summed E-state index contributed by atoms with van der Waals surface area (Å²) in [6.07, 6.45) is 1.09. The molecule has 0 bridgehead atoms. The molecular weight excluding hydrogens is 270 g/mol. The van der Waals surface area contributed by atoms with Crippen LogP contribution in [0, 0.1) is 5.92 Å². The van der Waals surface area contributed by atoms with Crippen molar-refractivity contribution < 1.29 is 14.3 Å². The third-order valence-electron chi connectivity index (χ3n) is 4.90. The van der Waals surface area contributed by atoms with Crippen LogP contribution < -0.4 is 5.32 Å². The van der Waals surface area contributed by atoms with E-state index in [2.05, 4.69) is 17.1 Å². The Hall–Kier alpha value is -0.690. The van der Waals surface area contributed by atoms with Crippen molar-refractivity contribution in [3.05, 3.63) is 0 Å².